The van der Waals surface area contributed by atoms with Crippen LogP contribution in [0, 0.1) is 12.8 Å². The predicted octanol–water partition coefficient (Wildman–Crippen LogP) is 6.90. The van der Waals surface area contributed by atoms with Gasteiger partial charge in [-0.3, -0.25) is 0 Å². The van der Waals surface area contributed by atoms with E-state index < -0.39 is 0 Å². The van der Waals surface area contributed by atoms with Gasteiger partial charge in [0.2, 0.25) is 0 Å². The zero-order chi connectivity index (χ0) is 23.2. The third kappa shape index (κ3) is 5.75. The Morgan fingerprint density at radius 1 is 1.00 bits per heavy atom. The molecule has 2 aromatic rings. The topological polar surface area (TPSA) is 23.5 Å². The summed E-state index contributed by atoms with van der Waals surface area (Å²) in [6.45, 7) is 7.10. The van der Waals surface area contributed by atoms with Gasteiger partial charge in [-0.2, -0.15) is 0 Å². The van der Waals surface area contributed by atoms with Crippen molar-refractivity contribution in [3.8, 4) is 0 Å². The van der Waals surface area contributed by atoms with Crippen molar-refractivity contribution in [1.29, 1.82) is 0 Å². The van der Waals surface area contributed by atoms with Crippen molar-refractivity contribution >= 4 is 5.57 Å². The Balaban J connectivity index is 1.77. The lowest BCUT2D eigenvalue weighted by Gasteiger charge is -2.35. The van der Waals surface area contributed by atoms with Crippen molar-refractivity contribution in [3.63, 3.8) is 0 Å². The number of likely N-dealkylation sites (tertiary alicyclic amines) is 1. The van der Waals surface area contributed by atoms with Gasteiger partial charge in [0.15, 0.2) is 0 Å². The third-order valence-electron chi connectivity index (χ3n) is 7.31. The standard InChI is InChI=1S/C31H39NO/c1-23-11-13-27(14-12-23)31(30(10-7-21-33)25-8-5-4-6-9-25)28-17-15-26(16-18-28)29-19-20-32(3)22-24(29)2/h5,8-9,11-18,24,29,33H,4,6-7,10,19-22H2,1-3H3/b31-30-. The number of hydrogen-bond donors (Lipinski definition) is 1. The van der Waals surface area contributed by atoms with Crippen LogP contribution in [0.15, 0.2) is 77.9 Å². The highest BCUT2D eigenvalue weighted by Crippen LogP contribution is 2.37. The first-order valence-electron chi connectivity index (χ1n) is 12.6. The van der Waals surface area contributed by atoms with E-state index in [2.05, 4.69) is 92.6 Å². The lowest BCUT2D eigenvalue weighted by Crippen LogP contribution is -2.35. The second kappa shape index (κ2) is 11.1. The summed E-state index contributed by atoms with van der Waals surface area (Å²) in [5.41, 5.74) is 9.26. The van der Waals surface area contributed by atoms with E-state index >= 15 is 0 Å². The average molecular weight is 442 g/mol. The number of aliphatic hydroxyl groups excluding tert-OH is 1. The molecule has 0 radical (unpaired) electrons. The van der Waals surface area contributed by atoms with Crippen molar-refractivity contribution in [2.24, 2.45) is 5.92 Å². The fourth-order valence-electron chi connectivity index (χ4n) is 5.49. The number of nitrogens with zero attached hydrogens (tertiary/aromatic N) is 1. The van der Waals surface area contributed by atoms with E-state index in [-0.39, 0.29) is 6.61 Å². The molecule has 0 bridgehead atoms. The molecule has 4 rings (SSSR count). The number of aryl methyl sites for hydroxylation is 1. The van der Waals surface area contributed by atoms with Crippen LogP contribution in [-0.4, -0.2) is 36.8 Å². The van der Waals surface area contributed by atoms with Gasteiger partial charge >= 0.3 is 0 Å². The molecular formula is C31H39NO. The lowest BCUT2D eigenvalue weighted by atomic mass is 9.80. The number of piperidine rings is 1. The summed E-state index contributed by atoms with van der Waals surface area (Å²) < 4.78 is 0. The highest BCUT2D eigenvalue weighted by molar-refractivity contribution is 5.85. The van der Waals surface area contributed by atoms with E-state index in [1.165, 1.54) is 58.5 Å². The zero-order valence-electron chi connectivity index (χ0n) is 20.6. The summed E-state index contributed by atoms with van der Waals surface area (Å²) in [4.78, 5) is 2.45. The smallest absolute Gasteiger partial charge is 0.0434 e. The quantitative estimate of drug-likeness (QED) is 0.505. The maximum Gasteiger partial charge on any atom is 0.0434 e. The summed E-state index contributed by atoms with van der Waals surface area (Å²) in [7, 11) is 2.23. The van der Waals surface area contributed by atoms with Gasteiger partial charge in [0.25, 0.3) is 0 Å². The van der Waals surface area contributed by atoms with Crippen molar-refractivity contribution in [2.75, 3.05) is 26.7 Å². The van der Waals surface area contributed by atoms with Crippen LogP contribution in [0.3, 0.4) is 0 Å². The molecule has 0 aromatic heterocycles. The Labute approximate surface area is 200 Å². The fraction of sp³-hybridized carbons (Fsp3) is 0.419. The molecule has 0 spiro atoms. The van der Waals surface area contributed by atoms with Gasteiger partial charge in [0, 0.05) is 13.2 Å². The maximum atomic E-state index is 9.63. The van der Waals surface area contributed by atoms with E-state index in [0.717, 1.165) is 25.7 Å². The SMILES string of the molecule is Cc1ccc(/C(=C(\CCCO)C2=CCCC=C2)c2ccc(C3CCN(C)CC3C)cc2)cc1. The summed E-state index contributed by atoms with van der Waals surface area (Å²) in [5.74, 6) is 1.32. The Hall–Kier alpha value is -2.42. The molecule has 2 unspecified atom stereocenters. The normalized spacial score (nSPS) is 22.1. The largest absolute Gasteiger partial charge is 0.396 e. The number of benzene rings is 2. The highest BCUT2D eigenvalue weighted by atomic mass is 16.2. The molecular weight excluding hydrogens is 402 g/mol. The van der Waals surface area contributed by atoms with Gasteiger partial charge in [-0.05, 0) is 97.9 Å². The Morgan fingerprint density at radius 3 is 2.30 bits per heavy atom. The van der Waals surface area contributed by atoms with Gasteiger partial charge in [0.1, 0.15) is 0 Å². The molecule has 2 aliphatic rings. The molecule has 1 aliphatic carbocycles. The Bertz CT molecular complexity index is 1010. The molecule has 2 atom stereocenters. The second-order valence-corrected chi connectivity index (χ2v) is 9.94. The molecule has 1 heterocycles. The van der Waals surface area contributed by atoms with Gasteiger partial charge in [-0.25, -0.2) is 0 Å². The molecule has 174 valence electrons. The van der Waals surface area contributed by atoms with Crippen LogP contribution in [0.25, 0.3) is 5.57 Å². The first kappa shape index (κ1) is 23.7. The summed E-state index contributed by atoms with van der Waals surface area (Å²) in [6, 6.07) is 18.3. The average Bonchev–Trinajstić information content (AvgIpc) is 2.83. The van der Waals surface area contributed by atoms with Gasteiger partial charge < -0.3 is 10.0 Å². The molecule has 0 amide bonds. The minimum atomic E-state index is 0.217. The van der Waals surface area contributed by atoms with Crippen LogP contribution in [0.4, 0.5) is 0 Å². The second-order valence-electron chi connectivity index (χ2n) is 9.94. The van der Waals surface area contributed by atoms with Crippen molar-refractivity contribution in [1.82, 2.24) is 4.90 Å². The number of rotatable bonds is 7. The van der Waals surface area contributed by atoms with Crippen LogP contribution < -0.4 is 0 Å². The number of allylic oxidation sites excluding steroid dienone is 5. The Kier molecular flexibility index (Phi) is 8.01. The van der Waals surface area contributed by atoms with Crippen LogP contribution in [0.1, 0.15) is 67.2 Å². The molecule has 1 saturated heterocycles. The van der Waals surface area contributed by atoms with E-state index in [1.807, 2.05) is 0 Å². The summed E-state index contributed by atoms with van der Waals surface area (Å²) >= 11 is 0. The molecule has 1 N–H and O–H groups in total. The van der Waals surface area contributed by atoms with E-state index in [9.17, 15) is 5.11 Å². The molecule has 33 heavy (non-hydrogen) atoms. The highest BCUT2D eigenvalue weighted by Gasteiger charge is 2.25. The van der Waals surface area contributed by atoms with E-state index in [4.69, 9.17) is 0 Å². The summed E-state index contributed by atoms with van der Waals surface area (Å²) in [6.07, 6.45) is 12.0. The monoisotopic (exact) mass is 441 g/mol. The predicted molar refractivity (Wildman–Crippen MR) is 140 cm³/mol. The Morgan fingerprint density at radius 2 is 1.70 bits per heavy atom. The minimum Gasteiger partial charge on any atom is -0.396 e. The third-order valence-corrected chi connectivity index (χ3v) is 7.31. The van der Waals surface area contributed by atoms with Gasteiger partial charge in [-0.15, -0.1) is 0 Å². The molecule has 0 saturated carbocycles. The number of hydrogen-bond acceptors (Lipinski definition) is 2. The van der Waals surface area contributed by atoms with Crippen LogP contribution in [0.2, 0.25) is 0 Å². The van der Waals surface area contributed by atoms with Crippen molar-refractivity contribution in [2.45, 2.75) is 51.9 Å². The van der Waals surface area contributed by atoms with Crippen molar-refractivity contribution < 1.29 is 5.11 Å². The lowest BCUT2D eigenvalue weighted by molar-refractivity contribution is 0.195. The van der Waals surface area contributed by atoms with Crippen LogP contribution in [0.5, 0.6) is 0 Å². The maximum absolute atomic E-state index is 9.63. The zero-order valence-corrected chi connectivity index (χ0v) is 20.6. The fourth-order valence-corrected chi connectivity index (χ4v) is 5.49. The molecule has 1 fully saturated rings. The van der Waals surface area contributed by atoms with E-state index in [0.29, 0.717) is 11.8 Å². The van der Waals surface area contributed by atoms with Crippen LogP contribution >= 0.6 is 0 Å². The summed E-state index contributed by atoms with van der Waals surface area (Å²) in [5, 5.41) is 9.63. The van der Waals surface area contributed by atoms with Crippen LogP contribution in [-0.2, 0) is 0 Å². The molecule has 2 heteroatoms. The van der Waals surface area contributed by atoms with E-state index in [1.54, 1.807) is 0 Å². The molecule has 2 aromatic carbocycles. The van der Waals surface area contributed by atoms with Gasteiger partial charge in [-0.1, -0.05) is 79.2 Å². The number of aliphatic hydroxyl groups is 1. The minimum absolute atomic E-state index is 0.217. The molecule has 1 aliphatic heterocycles. The molecule has 2 nitrogen and oxygen atoms in total. The van der Waals surface area contributed by atoms with Gasteiger partial charge in [0.05, 0.1) is 0 Å². The van der Waals surface area contributed by atoms with Crippen molar-refractivity contribution in [3.05, 3.63) is 100 Å². The first-order valence-corrected chi connectivity index (χ1v) is 12.6. The first-order chi connectivity index (χ1) is 16.1.